The Labute approximate surface area is 122 Å². The van der Waals surface area contributed by atoms with Crippen molar-refractivity contribution < 1.29 is 14.3 Å². The highest BCUT2D eigenvalue weighted by Gasteiger charge is 2.28. The summed E-state index contributed by atoms with van der Waals surface area (Å²) in [6.45, 7) is 10.1. The molecule has 0 aromatic rings. The molecule has 0 aromatic heterocycles. The van der Waals surface area contributed by atoms with E-state index in [1.165, 1.54) is 0 Å². The minimum Gasteiger partial charge on any atom is -0.465 e. The first kappa shape index (κ1) is 17.0. The van der Waals surface area contributed by atoms with Crippen molar-refractivity contribution in [3.8, 4) is 0 Å². The van der Waals surface area contributed by atoms with E-state index in [0.717, 1.165) is 25.9 Å². The van der Waals surface area contributed by atoms with Gasteiger partial charge in [0.2, 0.25) is 5.91 Å². The zero-order valence-corrected chi connectivity index (χ0v) is 13.1. The number of rotatable bonds is 6. The molecule has 0 aromatic carbocycles. The molecular weight excluding hydrogens is 256 g/mol. The first-order valence-corrected chi connectivity index (χ1v) is 7.64. The van der Waals surface area contributed by atoms with Crippen LogP contribution in [0.1, 0.15) is 40.5 Å². The fourth-order valence-corrected chi connectivity index (χ4v) is 2.59. The van der Waals surface area contributed by atoms with Crippen LogP contribution in [0.5, 0.6) is 0 Å². The van der Waals surface area contributed by atoms with Crippen LogP contribution in [0.25, 0.3) is 0 Å². The van der Waals surface area contributed by atoms with Gasteiger partial charge in [-0.15, -0.1) is 0 Å². The lowest BCUT2D eigenvalue weighted by Crippen LogP contribution is -2.52. The van der Waals surface area contributed by atoms with E-state index in [1.807, 2.05) is 20.8 Å². The summed E-state index contributed by atoms with van der Waals surface area (Å²) in [6, 6.07) is 0.137. The van der Waals surface area contributed by atoms with Crippen molar-refractivity contribution in [2.75, 3.05) is 26.2 Å². The molecule has 0 spiro atoms. The third kappa shape index (κ3) is 5.49. The van der Waals surface area contributed by atoms with Gasteiger partial charge in [0.15, 0.2) is 0 Å². The summed E-state index contributed by atoms with van der Waals surface area (Å²) in [5.41, 5.74) is 0. The highest BCUT2D eigenvalue weighted by Crippen LogP contribution is 2.20. The van der Waals surface area contributed by atoms with Crippen molar-refractivity contribution in [2.45, 2.75) is 46.6 Å². The molecule has 1 aliphatic rings. The van der Waals surface area contributed by atoms with E-state index >= 15 is 0 Å². The van der Waals surface area contributed by atoms with Crippen LogP contribution in [0.3, 0.4) is 0 Å². The van der Waals surface area contributed by atoms with Crippen LogP contribution in [0.2, 0.25) is 0 Å². The summed E-state index contributed by atoms with van der Waals surface area (Å²) in [5.74, 6) is 0.423. The number of esters is 1. The zero-order chi connectivity index (χ0) is 15.1. The monoisotopic (exact) mass is 284 g/mol. The van der Waals surface area contributed by atoms with Gasteiger partial charge in [-0.05, 0) is 19.3 Å². The summed E-state index contributed by atoms with van der Waals surface area (Å²) in [6.07, 6.45) is 2.06. The predicted octanol–water partition coefficient (Wildman–Crippen LogP) is 1.42. The first-order chi connectivity index (χ1) is 9.46. The van der Waals surface area contributed by atoms with Gasteiger partial charge in [-0.2, -0.15) is 0 Å². The average molecular weight is 284 g/mol. The lowest BCUT2D eigenvalue weighted by Gasteiger charge is -2.37. The van der Waals surface area contributed by atoms with Crippen LogP contribution in [0, 0.1) is 11.8 Å². The summed E-state index contributed by atoms with van der Waals surface area (Å²) in [7, 11) is 0. The summed E-state index contributed by atoms with van der Waals surface area (Å²) >= 11 is 0. The number of ether oxygens (including phenoxy) is 1. The minimum atomic E-state index is -0.182. The Morgan fingerprint density at radius 2 is 2.00 bits per heavy atom. The van der Waals surface area contributed by atoms with Gasteiger partial charge in [0.25, 0.3) is 0 Å². The number of nitrogens with one attached hydrogen (secondary N) is 1. The molecule has 0 radical (unpaired) electrons. The number of hydrogen-bond acceptors (Lipinski definition) is 4. The summed E-state index contributed by atoms with van der Waals surface area (Å²) in [4.78, 5) is 25.5. The Bertz CT molecular complexity index is 331. The second-order valence-corrected chi connectivity index (χ2v) is 5.87. The van der Waals surface area contributed by atoms with Gasteiger partial charge in [-0.3, -0.25) is 14.5 Å². The third-order valence-corrected chi connectivity index (χ3v) is 3.72. The smallest absolute Gasteiger partial charge is 0.320 e. The molecule has 0 saturated carbocycles. The minimum absolute atomic E-state index is 0.00416. The zero-order valence-electron chi connectivity index (χ0n) is 13.1. The lowest BCUT2D eigenvalue weighted by atomic mass is 9.92. The number of likely N-dealkylation sites (tertiary alicyclic amines) is 1. The van der Waals surface area contributed by atoms with Crippen molar-refractivity contribution in [1.82, 2.24) is 10.2 Å². The molecule has 2 unspecified atom stereocenters. The van der Waals surface area contributed by atoms with Crippen LogP contribution in [0.15, 0.2) is 0 Å². The summed E-state index contributed by atoms with van der Waals surface area (Å²) in [5, 5.41) is 3.09. The number of amides is 1. The number of hydrogen-bond donors (Lipinski definition) is 1. The van der Waals surface area contributed by atoms with E-state index in [9.17, 15) is 9.59 Å². The molecule has 1 saturated heterocycles. The number of piperidine rings is 1. The van der Waals surface area contributed by atoms with Gasteiger partial charge in [0.1, 0.15) is 0 Å². The highest BCUT2D eigenvalue weighted by atomic mass is 16.5. The molecule has 20 heavy (non-hydrogen) atoms. The van der Waals surface area contributed by atoms with E-state index in [0.29, 0.717) is 19.1 Å². The van der Waals surface area contributed by atoms with Crippen LogP contribution < -0.4 is 5.32 Å². The Morgan fingerprint density at radius 3 is 2.55 bits per heavy atom. The molecule has 5 heteroatoms. The van der Waals surface area contributed by atoms with E-state index in [2.05, 4.69) is 17.1 Å². The Hall–Kier alpha value is -1.10. The number of nitrogens with zero attached hydrogens (tertiary/aromatic N) is 1. The topological polar surface area (TPSA) is 58.6 Å². The van der Waals surface area contributed by atoms with Crippen molar-refractivity contribution in [1.29, 1.82) is 0 Å². The normalized spacial score (nSPS) is 23.6. The molecule has 0 aliphatic carbocycles. The van der Waals surface area contributed by atoms with Gasteiger partial charge in [0, 0.05) is 25.0 Å². The second kappa shape index (κ2) is 8.25. The molecule has 1 heterocycles. The molecule has 0 bridgehead atoms. The maximum Gasteiger partial charge on any atom is 0.320 e. The van der Waals surface area contributed by atoms with Crippen LogP contribution >= 0.6 is 0 Å². The molecule has 1 amide bonds. The third-order valence-electron chi connectivity index (χ3n) is 3.72. The van der Waals surface area contributed by atoms with Gasteiger partial charge in [-0.25, -0.2) is 0 Å². The highest BCUT2D eigenvalue weighted by molar-refractivity contribution is 5.78. The standard InChI is InChI=1S/C15H28N2O3/c1-5-12-7-13(16-15(19)11(3)4)9-17(8-12)10-14(18)20-6-2/h11-13H,5-10H2,1-4H3,(H,16,19). The molecule has 2 atom stereocenters. The SMILES string of the molecule is CCOC(=O)CN1CC(CC)CC(NC(=O)C(C)C)C1. The fourth-order valence-electron chi connectivity index (χ4n) is 2.59. The van der Waals surface area contributed by atoms with E-state index in [-0.39, 0.29) is 23.8 Å². The number of carbonyl (C=O) groups is 2. The Balaban J connectivity index is 2.55. The van der Waals surface area contributed by atoms with Crippen molar-refractivity contribution in [3.05, 3.63) is 0 Å². The van der Waals surface area contributed by atoms with Crippen molar-refractivity contribution in [2.24, 2.45) is 11.8 Å². The van der Waals surface area contributed by atoms with E-state index in [4.69, 9.17) is 4.74 Å². The fraction of sp³-hybridized carbons (Fsp3) is 0.867. The number of carbonyl (C=O) groups excluding carboxylic acids is 2. The van der Waals surface area contributed by atoms with Gasteiger partial charge < -0.3 is 10.1 Å². The van der Waals surface area contributed by atoms with Gasteiger partial charge in [-0.1, -0.05) is 27.2 Å². The second-order valence-electron chi connectivity index (χ2n) is 5.87. The Kier molecular flexibility index (Phi) is 6.99. The Morgan fingerprint density at radius 1 is 1.30 bits per heavy atom. The first-order valence-electron chi connectivity index (χ1n) is 7.64. The predicted molar refractivity (Wildman–Crippen MR) is 78.2 cm³/mol. The van der Waals surface area contributed by atoms with Crippen LogP contribution in [-0.4, -0.2) is 49.1 Å². The van der Waals surface area contributed by atoms with Gasteiger partial charge in [0.05, 0.1) is 13.2 Å². The summed E-state index contributed by atoms with van der Waals surface area (Å²) < 4.78 is 5.00. The van der Waals surface area contributed by atoms with E-state index < -0.39 is 0 Å². The maximum atomic E-state index is 11.8. The molecule has 1 aliphatic heterocycles. The van der Waals surface area contributed by atoms with Crippen LogP contribution in [-0.2, 0) is 14.3 Å². The molecule has 116 valence electrons. The quantitative estimate of drug-likeness (QED) is 0.750. The average Bonchev–Trinajstić information content (AvgIpc) is 2.38. The van der Waals surface area contributed by atoms with Crippen LogP contribution in [0.4, 0.5) is 0 Å². The largest absolute Gasteiger partial charge is 0.465 e. The molecule has 1 rings (SSSR count). The molecular formula is C15H28N2O3. The maximum absolute atomic E-state index is 11.8. The molecule has 5 nitrogen and oxygen atoms in total. The van der Waals surface area contributed by atoms with Gasteiger partial charge >= 0.3 is 5.97 Å². The molecule has 1 fully saturated rings. The van der Waals surface area contributed by atoms with E-state index in [1.54, 1.807) is 0 Å². The van der Waals surface area contributed by atoms with Crippen molar-refractivity contribution in [3.63, 3.8) is 0 Å². The molecule has 1 N–H and O–H groups in total. The van der Waals surface area contributed by atoms with Crippen molar-refractivity contribution >= 4 is 11.9 Å². The lowest BCUT2D eigenvalue weighted by molar-refractivity contribution is -0.145.